The number of nitrogens with zero attached hydrogens (tertiary/aromatic N) is 1. The minimum absolute atomic E-state index is 0.00970. The van der Waals surface area contributed by atoms with Crippen LogP contribution in [0.1, 0.15) is 48.5 Å². The van der Waals surface area contributed by atoms with Gasteiger partial charge in [-0.2, -0.15) is 0 Å². The fraction of sp³-hybridized carbons (Fsp3) is 0.842. The molecule has 27 heavy (non-hydrogen) atoms. The Labute approximate surface area is 174 Å². The van der Waals surface area contributed by atoms with E-state index in [1.807, 2.05) is 27.7 Å². The van der Waals surface area contributed by atoms with E-state index in [0.717, 1.165) is 5.75 Å². The van der Waals surface area contributed by atoms with E-state index in [0.29, 0.717) is 4.32 Å². The summed E-state index contributed by atoms with van der Waals surface area (Å²) in [6.07, 6.45) is -0.215. The van der Waals surface area contributed by atoms with E-state index >= 15 is 0 Å². The molecule has 2 rings (SSSR count). The van der Waals surface area contributed by atoms with Gasteiger partial charge >= 0.3 is 0 Å². The van der Waals surface area contributed by atoms with E-state index in [-0.39, 0.29) is 46.4 Å². The number of nitrogens with one attached hydrogen (secondary N) is 1. The van der Waals surface area contributed by atoms with Crippen LogP contribution >= 0.6 is 24.0 Å². The zero-order valence-corrected chi connectivity index (χ0v) is 20.6. The SMILES string of the molecule is C[C@@H](C(=O)N1C(=S)SCC1(C)C)C1NC(=O)[C@@H]1[C@@H](C)O[Si](C)(C)C(C)(C)C. The molecule has 0 aromatic heterocycles. The Morgan fingerprint density at radius 3 is 2.33 bits per heavy atom. The second-order valence-electron chi connectivity index (χ2n) is 9.97. The first-order valence-electron chi connectivity index (χ1n) is 9.59. The summed E-state index contributed by atoms with van der Waals surface area (Å²) < 4.78 is 7.08. The van der Waals surface area contributed by atoms with Crippen molar-refractivity contribution in [1.29, 1.82) is 0 Å². The van der Waals surface area contributed by atoms with E-state index in [9.17, 15) is 9.59 Å². The van der Waals surface area contributed by atoms with Crippen LogP contribution in [-0.2, 0) is 14.0 Å². The smallest absolute Gasteiger partial charge is 0.233 e. The van der Waals surface area contributed by atoms with Gasteiger partial charge in [0.05, 0.1) is 29.5 Å². The molecule has 1 N–H and O–H groups in total. The number of amides is 2. The molecule has 0 aromatic rings. The zero-order valence-electron chi connectivity index (χ0n) is 18.0. The number of hydrogen-bond acceptors (Lipinski definition) is 5. The topological polar surface area (TPSA) is 58.6 Å². The van der Waals surface area contributed by atoms with Crippen LogP contribution in [0.25, 0.3) is 0 Å². The van der Waals surface area contributed by atoms with Crippen molar-refractivity contribution in [2.75, 3.05) is 5.75 Å². The third-order valence-corrected chi connectivity index (χ3v) is 12.7. The predicted octanol–water partition coefficient (Wildman–Crippen LogP) is 3.79. The Hall–Kier alpha value is -0.443. The highest BCUT2D eigenvalue weighted by Gasteiger charge is 2.52. The second kappa shape index (κ2) is 7.43. The van der Waals surface area contributed by atoms with Crippen molar-refractivity contribution in [1.82, 2.24) is 10.2 Å². The molecule has 8 heteroatoms. The van der Waals surface area contributed by atoms with E-state index in [1.165, 1.54) is 0 Å². The zero-order chi connectivity index (χ0) is 20.9. The van der Waals surface area contributed by atoms with E-state index < -0.39 is 8.32 Å². The Morgan fingerprint density at radius 1 is 1.37 bits per heavy atom. The van der Waals surface area contributed by atoms with E-state index in [2.05, 4.69) is 39.2 Å². The molecule has 2 aliphatic rings. The maximum Gasteiger partial charge on any atom is 0.233 e. The summed E-state index contributed by atoms with van der Waals surface area (Å²) >= 11 is 6.95. The molecule has 0 spiro atoms. The van der Waals surface area contributed by atoms with Crippen LogP contribution in [0.15, 0.2) is 0 Å². The fourth-order valence-electron chi connectivity index (χ4n) is 3.43. The number of carbonyl (C=O) groups excluding carboxylic acids is 2. The highest BCUT2D eigenvalue weighted by atomic mass is 32.2. The van der Waals surface area contributed by atoms with Gasteiger partial charge in [-0.05, 0) is 38.9 Å². The molecule has 0 aromatic carbocycles. The van der Waals surface area contributed by atoms with Crippen molar-refractivity contribution < 1.29 is 14.0 Å². The Bertz CT molecular complexity index is 645. The summed E-state index contributed by atoms with van der Waals surface area (Å²) in [5.41, 5.74) is -0.292. The fourth-order valence-corrected chi connectivity index (χ4v) is 6.45. The lowest BCUT2D eigenvalue weighted by Crippen LogP contribution is -2.68. The highest BCUT2D eigenvalue weighted by Crippen LogP contribution is 2.40. The molecule has 154 valence electrons. The third-order valence-electron chi connectivity index (χ3n) is 6.28. The second-order valence-corrected chi connectivity index (χ2v) is 16.3. The summed E-state index contributed by atoms with van der Waals surface area (Å²) in [7, 11) is -1.99. The first kappa shape index (κ1) is 22.8. The largest absolute Gasteiger partial charge is 0.413 e. The molecular formula is C19H34N2O3S2Si. The van der Waals surface area contributed by atoms with Crippen LogP contribution < -0.4 is 5.32 Å². The molecule has 2 fully saturated rings. The van der Waals surface area contributed by atoms with Crippen molar-refractivity contribution in [2.45, 2.75) is 84.3 Å². The summed E-state index contributed by atoms with van der Waals surface area (Å²) in [5.74, 6) is 0.127. The van der Waals surface area contributed by atoms with Crippen molar-refractivity contribution in [2.24, 2.45) is 11.8 Å². The van der Waals surface area contributed by atoms with Crippen molar-refractivity contribution >= 4 is 48.4 Å². The summed E-state index contributed by atoms with van der Waals surface area (Å²) in [6, 6.07) is -0.214. The highest BCUT2D eigenvalue weighted by molar-refractivity contribution is 8.23. The molecule has 2 amide bonds. The molecule has 1 unspecified atom stereocenters. The molecule has 2 aliphatic heterocycles. The van der Waals surface area contributed by atoms with Crippen molar-refractivity contribution in [3.63, 3.8) is 0 Å². The third kappa shape index (κ3) is 4.28. The number of β-lactam (4-membered cyclic amide) rings is 1. The molecule has 4 atom stereocenters. The van der Waals surface area contributed by atoms with Gasteiger partial charge in [0.1, 0.15) is 4.32 Å². The van der Waals surface area contributed by atoms with Crippen molar-refractivity contribution in [3.8, 4) is 0 Å². The van der Waals surface area contributed by atoms with Gasteiger partial charge in [0.25, 0.3) is 0 Å². The van der Waals surface area contributed by atoms with Gasteiger partial charge in [0, 0.05) is 5.75 Å². The number of thiocarbonyl (C=S) groups is 1. The van der Waals surface area contributed by atoms with Gasteiger partial charge in [-0.1, -0.05) is 51.7 Å². The number of hydrogen-bond donors (Lipinski definition) is 1. The number of thioether (sulfide) groups is 1. The van der Waals surface area contributed by atoms with Crippen LogP contribution in [0.5, 0.6) is 0 Å². The minimum Gasteiger partial charge on any atom is -0.413 e. The first-order chi connectivity index (χ1) is 12.1. The number of carbonyl (C=O) groups is 2. The molecule has 0 bridgehead atoms. The van der Waals surface area contributed by atoms with Crippen LogP contribution in [0.4, 0.5) is 0 Å². The lowest BCUT2D eigenvalue weighted by molar-refractivity contribution is -0.147. The van der Waals surface area contributed by atoms with Crippen LogP contribution in [0.2, 0.25) is 18.1 Å². The van der Waals surface area contributed by atoms with Crippen LogP contribution in [-0.4, -0.2) is 52.8 Å². The van der Waals surface area contributed by atoms with E-state index in [1.54, 1.807) is 16.7 Å². The molecule has 5 nitrogen and oxygen atoms in total. The average molecular weight is 431 g/mol. The predicted molar refractivity (Wildman–Crippen MR) is 118 cm³/mol. The minimum atomic E-state index is -1.99. The number of rotatable bonds is 5. The van der Waals surface area contributed by atoms with Gasteiger partial charge < -0.3 is 9.74 Å². The maximum atomic E-state index is 13.2. The monoisotopic (exact) mass is 430 g/mol. The normalized spacial score (nSPS) is 27.8. The van der Waals surface area contributed by atoms with Gasteiger partial charge in [0.15, 0.2) is 8.32 Å². The summed E-state index contributed by atoms with van der Waals surface area (Å²) in [4.78, 5) is 27.2. The first-order valence-corrected chi connectivity index (χ1v) is 13.9. The average Bonchev–Trinajstić information content (AvgIpc) is 2.74. The summed E-state index contributed by atoms with van der Waals surface area (Å²) in [5, 5.41) is 3.01. The Kier molecular flexibility index (Phi) is 6.28. The molecule has 0 radical (unpaired) electrons. The molecule has 0 saturated carbocycles. The van der Waals surface area contributed by atoms with Crippen LogP contribution in [0, 0.1) is 11.8 Å². The lowest BCUT2D eigenvalue weighted by Gasteiger charge is -2.47. The maximum absolute atomic E-state index is 13.2. The Morgan fingerprint density at radius 2 is 1.93 bits per heavy atom. The van der Waals surface area contributed by atoms with Gasteiger partial charge in [-0.15, -0.1) is 0 Å². The van der Waals surface area contributed by atoms with Crippen molar-refractivity contribution in [3.05, 3.63) is 0 Å². The lowest BCUT2D eigenvalue weighted by atomic mass is 9.78. The van der Waals surface area contributed by atoms with Gasteiger partial charge in [-0.25, -0.2) is 0 Å². The molecular weight excluding hydrogens is 396 g/mol. The van der Waals surface area contributed by atoms with Gasteiger partial charge in [-0.3, -0.25) is 14.5 Å². The molecule has 2 saturated heterocycles. The van der Waals surface area contributed by atoms with E-state index in [4.69, 9.17) is 16.6 Å². The molecule has 0 aliphatic carbocycles. The molecule has 2 heterocycles. The quantitative estimate of drug-likeness (QED) is 0.408. The van der Waals surface area contributed by atoms with Crippen LogP contribution in [0.3, 0.4) is 0 Å². The standard InChI is InChI=1S/C19H34N2O3S2Si/c1-11(16(23)21-17(25)26-10-19(21,6)7)14-13(15(22)20-14)12(2)24-27(8,9)18(3,4)5/h11-14H,10H2,1-9H3,(H,20,22)/t11-,12-,13-,14?/m1/s1. The van der Waals surface area contributed by atoms with Gasteiger partial charge in [0.2, 0.25) is 11.8 Å². The summed E-state index contributed by atoms with van der Waals surface area (Å²) in [6.45, 7) is 18.8. The Balaban J connectivity index is 2.13.